The summed E-state index contributed by atoms with van der Waals surface area (Å²) >= 11 is 0. The van der Waals surface area contributed by atoms with E-state index in [-0.39, 0.29) is 0 Å². The molecule has 6 nitrogen and oxygen atoms in total. The van der Waals surface area contributed by atoms with E-state index in [4.69, 9.17) is 0 Å². The summed E-state index contributed by atoms with van der Waals surface area (Å²) < 4.78 is 0. The average molecular weight is 160 g/mol. The molecule has 0 unspecified atom stereocenters. The van der Waals surface area contributed by atoms with E-state index in [1.165, 1.54) is 0 Å². The normalized spacial score (nSPS) is 8.73. The predicted molar refractivity (Wildman–Crippen MR) is 41.4 cm³/mol. The third-order valence-corrected chi connectivity index (χ3v) is 1.21. The minimum atomic E-state index is 0.595. The predicted octanol–water partition coefficient (Wildman–Crippen LogP) is 0.699. The highest BCUT2D eigenvalue weighted by Crippen LogP contribution is 1.91. The Morgan fingerprint density at radius 3 is 1.64 bits per heavy atom. The summed E-state index contributed by atoms with van der Waals surface area (Å²) in [5.74, 6) is 0. The van der Waals surface area contributed by atoms with Gasteiger partial charge in [0.05, 0.1) is 0 Å². The Morgan fingerprint density at radius 2 is 1.27 bits per heavy atom. The Bertz CT molecular complexity index is 96.7. The Labute approximate surface area is 64.6 Å². The van der Waals surface area contributed by atoms with Crippen LogP contribution in [0.4, 0.5) is 0 Å². The van der Waals surface area contributed by atoms with Gasteiger partial charge in [-0.15, -0.1) is 9.81 Å². The molecule has 6 heteroatoms. The molecule has 0 aliphatic heterocycles. The fourth-order valence-corrected chi connectivity index (χ4v) is 0.676. The number of nitrogens with zero attached hydrogens (tertiary/aromatic N) is 2. The standard InChI is InChI=1S/C5H12N4O2/c10-8-6-4-2-1-3-5-7-9-11/h1-5H2,(H,6,10)(H,7,11). The third-order valence-electron chi connectivity index (χ3n) is 1.21. The molecule has 0 saturated heterocycles. The van der Waals surface area contributed by atoms with Crippen molar-refractivity contribution < 1.29 is 0 Å². The lowest BCUT2D eigenvalue weighted by Crippen LogP contribution is -2.08. The van der Waals surface area contributed by atoms with Gasteiger partial charge in [0.25, 0.3) is 0 Å². The molecule has 0 bridgehead atoms. The first kappa shape index (κ1) is 9.80. The second-order valence-corrected chi connectivity index (χ2v) is 2.06. The van der Waals surface area contributed by atoms with Crippen LogP contribution in [0.5, 0.6) is 0 Å². The largest absolute Gasteiger partial charge is 0.274 e. The van der Waals surface area contributed by atoms with Crippen molar-refractivity contribution in [2.75, 3.05) is 13.1 Å². The monoisotopic (exact) mass is 160 g/mol. The topological polar surface area (TPSA) is 82.9 Å². The van der Waals surface area contributed by atoms with Crippen LogP contribution in [0.25, 0.3) is 0 Å². The molecule has 0 spiro atoms. The summed E-state index contributed by atoms with van der Waals surface area (Å²) in [6.45, 7) is 1.19. The molecular formula is C5H12N4O2. The maximum atomic E-state index is 9.51. The second-order valence-electron chi connectivity index (χ2n) is 2.06. The molecule has 0 heterocycles. The molecule has 0 aliphatic carbocycles. The van der Waals surface area contributed by atoms with Gasteiger partial charge in [-0.1, -0.05) is 0 Å². The zero-order valence-electron chi connectivity index (χ0n) is 6.25. The van der Waals surface area contributed by atoms with Crippen LogP contribution in [-0.4, -0.2) is 13.1 Å². The van der Waals surface area contributed by atoms with Gasteiger partial charge in [0.1, 0.15) is 0 Å². The van der Waals surface area contributed by atoms with Gasteiger partial charge in [0.15, 0.2) is 0 Å². The van der Waals surface area contributed by atoms with Crippen molar-refractivity contribution in [3.63, 3.8) is 0 Å². The quantitative estimate of drug-likeness (QED) is 0.311. The average Bonchev–Trinajstić information content (AvgIpc) is 2.03. The Hall–Kier alpha value is -1.20. The van der Waals surface area contributed by atoms with Gasteiger partial charge in [0, 0.05) is 23.7 Å². The van der Waals surface area contributed by atoms with Gasteiger partial charge >= 0.3 is 0 Å². The SMILES string of the molecule is O=NNCCCCCNN=O. The van der Waals surface area contributed by atoms with Crippen LogP contribution in [0.3, 0.4) is 0 Å². The first-order valence-electron chi connectivity index (χ1n) is 3.52. The van der Waals surface area contributed by atoms with Crippen LogP contribution in [0, 0.1) is 9.81 Å². The Kier molecular flexibility index (Phi) is 7.84. The van der Waals surface area contributed by atoms with Gasteiger partial charge in [-0.2, -0.15) is 0 Å². The highest BCUT2D eigenvalue weighted by Gasteiger charge is 1.87. The van der Waals surface area contributed by atoms with Crippen LogP contribution >= 0.6 is 0 Å². The van der Waals surface area contributed by atoms with E-state index in [1.54, 1.807) is 0 Å². The molecule has 0 fully saturated rings. The number of unbranched alkanes of at least 4 members (excludes halogenated alkanes) is 2. The van der Waals surface area contributed by atoms with Gasteiger partial charge in [-0.05, 0) is 19.3 Å². The molecule has 0 saturated carbocycles. The molecular weight excluding hydrogens is 148 g/mol. The zero-order valence-corrected chi connectivity index (χ0v) is 6.25. The van der Waals surface area contributed by atoms with Crippen molar-refractivity contribution >= 4 is 0 Å². The van der Waals surface area contributed by atoms with Crippen LogP contribution < -0.4 is 10.9 Å². The summed E-state index contributed by atoms with van der Waals surface area (Å²) in [5, 5.41) is 4.97. The smallest absolute Gasteiger partial charge is 0.0496 e. The number of rotatable bonds is 8. The summed E-state index contributed by atoms with van der Waals surface area (Å²) in [7, 11) is 0. The third kappa shape index (κ3) is 8.80. The molecule has 64 valence electrons. The van der Waals surface area contributed by atoms with Crippen molar-refractivity contribution in [2.24, 2.45) is 10.6 Å². The first-order chi connectivity index (χ1) is 5.41. The van der Waals surface area contributed by atoms with Gasteiger partial charge in [-0.25, -0.2) is 0 Å². The zero-order chi connectivity index (χ0) is 8.36. The van der Waals surface area contributed by atoms with E-state index in [0.29, 0.717) is 13.1 Å². The Morgan fingerprint density at radius 1 is 0.818 bits per heavy atom. The van der Waals surface area contributed by atoms with Gasteiger partial charge < -0.3 is 0 Å². The van der Waals surface area contributed by atoms with Crippen molar-refractivity contribution in [1.29, 1.82) is 0 Å². The summed E-state index contributed by atoms with van der Waals surface area (Å²) in [6.07, 6.45) is 2.71. The molecule has 0 atom stereocenters. The number of hydrogen-bond donors (Lipinski definition) is 2. The molecule has 0 aromatic heterocycles. The van der Waals surface area contributed by atoms with Gasteiger partial charge in [-0.3, -0.25) is 10.9 Å². The van der Waals surface area contributed by atoms with Crippen molar-refractivity contribution in [3.05, 3.63) is 9.81 Å². The van der Waals surface area contributed by atoms with Crippen LogP contribution in [0.1, 0.15) is 19.3 Å². The fraction of sp³-hybridized carbons (Fsp3) is 1.00. The Balaban J connectivity index is 2.79. The molecule has 11 heavy (non-hydrogen) atoms. The molecule has 2 N–H and O–H groups in total. The molecule has 0 aromatic rings. The van der Waals surface area contributed by atoms with E-state index in [2.05, 4.69) is 21.4 Å². The van der Waals surface area contributed by atoms with Crippen molar-refractivity contribution in [2.45, 2.75) is 19.3 Å². The first-order valence-corrected chi connectivity index (χ1v) is 3.52. The molecule has 0 rings (SSSR count). The van der Waals surface area contributed by atoms with Crippen LogP contribution in [-0.2, 0) is 0 Å². The summed E-state index contributed by atoms with van der Waals surface area (Å²) in [6, 6.07) is 0. The molecule has 0 amide bonds. The summed E-state index contributed by atoms with van der Waals surface area (Å²) in [5.41, 5.74) is 4.61. The highest BCUT2D eigenvalue weighted by atomic mass is 16.3. The van der Waals surface area contributed by atoms with Crippen LogP contribution in [0.2, 0.25) is 0 Å². The molecule has 0 aliphatic rings. The lowest BCUT2D eigenvalue weighted by Gasteiger charge is -1.97. The minimum Gasteiger partial charge on any atom is -0.274 e. The fourth-order valence-electron chi connectivity index (χ4n) is 0.676. The van der Waals surface area contributed by atoms with Crippen LogP contribution in [0.15, 0.2) is 10.6 Å². The highest BCUT2D eigenvalue weighted by molar-refractivity contribution is 4.46. The van der Waals surface area contributed by atoms with E-state index >= 15 is 0 Å². The molecule has 0 radical (unpaired) electrons. The summed E-state index contributed by atoms with van der Waals surface area (Å²) in [4.78, 5) is 19.0. The van der Waals surface area contributed by atoms with E-state index in [9.17, 15) is 9.81 Å². The van der Waals surface area contributed by atoms with E-state index in [0.717, 1.165) is 19.3 Å². The lowest BCUT2D eigenvalue weighted by atomic mass is 10.2. The maximum Gasteiger partial charge on any atom is 0.0496 e. The second kappa shape index (κ2) is 8.80. The minimum absolute atomic E-state index is 0.595. The van der Waals surface area contributed by atoms with Gasteiger partial charge in [0.2, 0.25) is 0 Å². The van der Waals surface area contributed by atoms with Crippen molar-refractivity contribution in [1.82, 2.24) is 10.9 Å². The van der Waals surface area contributed by atoms with Crippen molar-refractivity contribution in [3.8, 4) is 0 Å². The van der Waals surface area contributed by atoms with E-state index < -0.39 is 0 Å². The van der Waals surface area contributed by atoms with E-state index in [1.807, 2.05) is 0 Å². The lowest BCUT2D eigenvalue weighted by molar-refractivity contribution is 0.589. The number of nitrogens with one attached hydrogen (secondary N) is 2. The number of nitroso groups, excluding NO2 is 2. The molecule has 0 aromatic carbocycles. The maximum absolute atomic E-state index is 9.51. The number of hydrogen-bond acceptors (Lipinski definition) is 4.